The van der Waals surface area contributed by atoms with Gasteiger partial charge in [0.25, 0.3) is 0 Å². The van der Waals surface area contributed by atoms with Crippen molar-refractivity contribution in [2.24, 2.45) is 5.92 Å². The lowest BCUT2D eigenvalue weighted by Gasteiger charge is -2.25. The maximum absolute atomic E-state index is 13.3. The van der Waals surface area contributed by atoms with E-state index in [4.69, 9.17) is 4.74 Å². The summed E-state index contributed by atoms with van der Waals surface area (Å²) in [6.07, 6.45) is 0.681. The molecule has 0 saturated carbocycles. The highest BCUT2D eigenvalue weighted by Crippen LogP contribution is 2.30. The fraction of sp³-hybridized carbons (Fsp3) is 0.381. The molecule has 25 heavy (non-hydrogen) atoms. The van der Waals surface area contributed by atoms with Gasteiger partial charge < -0.3 is 4.74 Å². The van der Waals surface area contributed by atoms with Crippen LogP contribution in [0.2, 0.25) is 0 Å². The van der Waals surface area contributed by atoms with E-state index in [0.29, 0.717) is 12.3 Å². The number of ether oxygens (including phenoxy) is 1. The molecule has 0 fully saturated rings. The number of esters is 1. The van der Waals surface area contributed by atoms with E-state index in [9.17, 15) is 13.6 Å². The quantitative estimate of drug-likeness (QED) is 0.622. The van der Waals surface area contributed by atoms with Crippen LogP contribution in [0.1, 0.15) is 50.7 Å². The molecule has 0 N–H and O–H groups in total. The molecule has 2 nitrogen and oxygen atoms in total. The number of carbonyl (C=O) groups excluding carboxylic acids is 1. The van der Waals surface area contributed by atoms with E-state index < -0.39 is 6.10 Å². The summed E-state index contributed by atoms with van der Waals surface area (Å²) in [6, 6.07) is 12.2. The molecule has 0 heterocycles. The van der Waals surface area contributed by atoms with Crippen molar-refractivity contribution >= 4 is 5.97 Å². The molecule has 0 aliphatic heterocycles. The number of hydrogen-bond donors (Lipinski definition) is 0. The van der Waals surface area contributed by atoms with E-state index in [1.54, 1.807) is 24.3 Å². The lowest BCUT2D eigenvalue weighted by molar-refractivity contribution is -0.149. The molecule has 2 aromatic carbocycles. The number of halogens is 2. The molecule has 0 aliphatic rings. The van der Waals surface area contributed by atoms with Crippen LogP contribution in [0.15, 0.2) is 48.5 Å². The lowest BCUT2D eigenvalue weighted by atomic mass is 9.87. The molecular formula is C21H24F2O2. The molecule has 0 radical (unpaired) electrons. The highest BCUT2D eigenvalue weighted by molar-refractivity contribution is 5.69. The highest BCUT2D eigenvalue weighted by Gasteiger charge is 2.25. The summed E-state index contributed by atoms with van der Waals surface area (Å²) >= 11 is 0. The molecule has 0 bridgehead atoms. The van der Waals surface area contributed by atoms with Crippen molar-refractivity contribution in [1.82, 2.24) is 0 Å². The van der Waals surface area contributed by atoms with Gasteiger partial charge in [-0.2, -0.15) is 0 Å². The second-order valence-corrected chi connectivity index (χ2v) is 6.71. The van der Waals surface area contributed by atoms with Gasteiger partial charge in [-0.25, -0.2) is 8.78 Å². The summed E-state index contributed by atoms with van der Waals surface area (Å²) in [5.74, 6) is -0.779. The van der Waals surface area contributed by atoms with E-state index in [-0.39, 0.29) is 23.5 Å². The van der Waals surface area contributed by atoms with Crippen LogP contribution in [0.3, 0.4) is 0 Å². The summed E-state index contributed by atoms with van der Waals surface area (Å²) in [7, 11) is 0. The number of rotatable bonds is 7. The van der Waals surface area contributed by atoms with Crippen molar-refractivity contribution in [2.45, 2.75) is 45.6 Å². The summed E-state index contributed by atoms with van der Waals surface area (Å²) in [4.78, 5) is 12.1. The van der Waals surface area contributed by atoms with Crippen LogP contribution in [0, 0.1) is 17.6 Å². The van der Waals surface area contributed by atoms with E-state index in [1.165, 1.54) is 24.3 Å². The molecule has 1 atom stereocenters. The predicted molar refractivity (Wildman–Crippen MR) is 94.3 cm³/mol. The average Bonchev–Trinajstić information content (AvgIpc) is 2.57. The monoisotopic (exact) mass is 346 g/mol. The average molecular weight is 346 g/mol. The number of hydrogen-bond acceptors (Lipinski definition) is 2. The molecular weight excluding hydrogens is 322 g/mol. The van der Waals surface area contributed by atoms with Gasteiger partial charge in [-0.3, -0.25) is 4.79 Å². The van der Waals surface area contributed by atoms with Gasteiger partial charge >= 0.3 is 5.97 Å². The van der Waals surface area contributed by atoms with Crippen molar-refractivity contribution in [3.8, 4) is 0 Å². The van der Waals surface area contributed by atoms with Gasteiger partial charge in [-0.15, -0.1) is 0 Å². The fourth-order valence-electron chi connectivity index (χ4n) is 2.82. The Morgan fingerprint density at radius 1 is 0.880 bits per heavy atom. The SMILES string of the molecule is CC(C)CCC(=O)OC(C)C(c1ccc(F)cc1)c1ccc(F)cc1. The standard InChI is InChI=1S/C21H24F2O2/c1-14(2)4-13-20(24)25-15(3)21(16-5-9-18(22)10-6-16)17-7-11-19(23)12-8-17/h5-12,14-15,21H,4,13H2,1-3H3. The minimum Gasteiger partial charge on any atom is -0.462 e. The first kappa shape index (κ1) is 19.1. The van der Waals surface area contributed by atoms with Crippen molar-refractivity contribution in [3.05, 3.63) is 71.3 Å². The zero-order valence-electron chi connectivity index (χ0n) is 14.8. The van der Waals surface area contributed by atoms with Gasteiger partial charge in [0.2, 0.25) is 0 Å². The second kappa shape index (κ2) is 8.75. The number of carbonyl (C=O) groups is 1. The molecule has 2 rings (SSSR count). The van der Waals surface area contributed by atoms with Crippen LogP contribution >= 0.6 is 0 Å². The van der Waals surface area contributed by atoms with E-state index in [1.807, 2.05) is 6.92 Å². The summed E-state index contributed by atoms with van der Waals surface area (Å²) < 4.78 is 32.1. The minimum atomic E-state index is -0.449. The largest absolute Gasteiger partial charge is 0.462 e. The van der Waals surface area contributed by atoms with Crippen molar-refractivity contribution in [2.75, 3.05) is 0 Å². The van der Waals surface area contributed by atoms with Gasteiger partial charge in [0, 0.05) is 12.3 Å². The Labute approximate surface area is 147 Å². The first-order chi connectivity index (χ1) is 11.9. The van der Waals surface area contributed by atoms with Crippen LogP contribution in [0.5, 0.6) is 0 Å². The lowest BCUT2D eigenvalue weighted by Crippen LogP contribution is -2.24. The van der Waals surface area contributed by atoms with E-state index in [2.05, 4.69) is 13.8 Å². The smallest absolute Gasteiger partial charge is 0.306 e. The normalized spacial score (nSPS) is 12.4. The zero-order valence-corrected chi connectivity index (χ0v) is 14.8. The summed E-state index contributed by atoms with van der Waals surface area (Å²) in [5, 5.41) is 0. The maximum atomic E-state index is 13.3. The van der Waals surface area contributed by atoms with Crippen molar-refractivity contribution in [1.29, 1.82) is 0 Å². The first-order valence-corrected chi connectivity index (χ1v) is 8.57. The molecule has 0 amide bonds. The molecule has 0 aliphatic carbocycles. The molecule has 0 saturated heterocycles. The Bertz CT molecular complexity index is 633. The summed E-state index contributed by atoms with van der Waals surface area (Å²) in [5.41, 5.74) is 1.63. The second-order valence-electron chi connectivity index (χ2n) is 6.71. The fourth-order valence-corrected chi connectivity index (χ4v) is 2.82. The molecule has 0 spiro atoms. The van der Waals surface area contributed by atoms with Gasteiger partial charge in [0.15, 0.2) is 0 Å². The van der Waals surface area contributed by atoms with Gasteiger partial charge in [-0.05, 0) is 54.7 Å². The van der Waals surface area contributed by atoms with Crippen LogP contribution in [-0.2, 0) is 9.53 Å². The summed E-state index contributed by atoms with van der Waals surface area (Å²) in [6.45, 7) is 5.91. The molecule has 0 aromatic heterocycles. The Morgan fingerprint density at radius 2 is 1.32 bits per heavy atom. The topological polar surface area (TPSA) is 26.3 Å². The third-order valence-electron chi connectivity index (χ3n) is 4.17. The third-order valence-corrected chi connectivity index (χ3v) is 4.17. The zero-order chi connectivity index (χ0) is 18.4. The van der Waals surface area contributed by atoms with Crippen LogP contribution in [0.25, 0.3) is 0 Å². The van der Waals surface area contributed by atoms with Gasteiger partial charge in [-0.1, -0.05) is 38.1 Å². The number of benzene rings is 2. The highest BCUT2D eigenvalue weighted by atomic mass is 19.1. The van der Waals surface area contributed by atoms with E-state index in [0.717, 1.165) is 17.5 Å². The first-order valence-electron chi connectivity index (χ1n) is 8.57. The van der Waals surface area contributed by atoms with Gasteiger partial charge in [0.05, 0.1) is 0 Å². The molecule has 4 heteroatoms. The van der Waals surface area contributed by atoms with Crippen molar-refractivity contribution < 1.29 is 18.3 Å². The maximum Gasteiger partial charge on any atom is 0.306 e. The predicted octanol–water partition coefficient (Wildman–Crippen LogP) is 5.46. The Kier molecular flexibility index (Phi) is 6.68. The van der Waals surface area contributed by atoms with Gasteiger partial charge in [0.1, 0.15) is 17.7 Å². The Morgan fingerprint density at radius 3 is 1.72 bits per heavy atom. The van der Waals surface area contributed by atoms with Crippen molar-refractivity contribution in [3.63, 3.8) is 0 Å². The van der Waals surface area contributed by atoms with Crippen LogP contribution in [0.4, 0.5) is 8.78 Å². The van der Waals surface area contributed by atoms with E-state index >= 15 is 0 Å². The minimum absolute atomic E-state index is 0.254. The molecule has 1 unspecified atom stereocenters. The van der Waals surface area contributed by atoms with Crippen LogP contribution < -0.4 is 0 Å². The Balaban J connectivity index is 2.23. The van der Waals surface area contributed by atoms with Crippen LogP contribution in [-0.4, -0.2) is 12.1 Å². The third kappa shape index (κ3) is 5.66. The Hall–Kier alpha value is -2.23. The molecule has 2 aromatic rings. The molecule has 134 valence electrons.